The van der Waals surface area contributed by atoms with Gasteiger partial charge in [0.1, 0.15) is 0 Å². The zero-order valence-electron chi connectivity index (χ0n) is 30.1. The number of hydrogen-bond acceptors (Lipinski definition) is 5. The number of halogens is 2. The van der Waals surface area contributed by atoms with Crippen LogP contribution in [0.4, 0.5) is 5.69 Å². The number of benzene rings is 4. The minimum absolute atomic E-state index is 0. The second-order valence-corrected chi connectivity index (χ2v) is 13.8. The second kappa shape index (κ2) is 15.9. The maximum absolute atomic E-state index is 5.84. The lowest BCUT2D eigenvalue weighted by molar-refractivity contribution is 0.174. The van der Waals surface area contributed by atoms with Crippen LogP contribution >= 0.6 is 24.8 Å². The van der Waals surface area contributed by atoms with E-state index in [-0.39, 0.29) is 31.6 Å². The number of fused-ring (bicyclic) bond motifs is 1. The first kappa shape index (κ1) is 37.2. The monoisotopic (exact) mass is 709 g/mol. The summed E-state index contributed by atoms with van der Waals surface area (Å²) in [6.45, 7) is 17.4. The summed E-state index contributed by atoms with van der Waals surface area (Å²) >= 11 is 0. The quantitative estimate of drug-likeness (QED) is 0.160. The van der Waals surface area contributed by atoms with Gasteiger partial charge in [-0.15, -0.1) is 24.8 Å². The van der Waals surface area contributed by atoms with E-state index in [1.165, 1.54) is 66.9 Å². The Kier molecular flexibility index (Phi) is 11.8. The minimum Gasteiger partial charge on any atom is -0.454 e. The van der Waals surface area contributed by atoms with Crippen LogP contribution in [0.15, 0.2) is 85.1 Å². The SMILES string of the molecule is Cc1cc(-c2cc(CN3CCC(N(Cc4ccccc4-c4cc(C)c(C)c(C)c4)c4ccc5c(c4)OCO5)CC3)ccn2)cc(C)c1C.Cl.Cl. The molecule has 1 fully saturated rings. The number of anilines is 1. The van der Waals surface area contributed by atoms with Gasteiger partial charge in [0.2, 0.25) is 6.79 Å². The highest BCUT2D eigenvalue weighted by Crippen LogP contribution is 2.38. The van der Waals surface area contributed by atoms with Crippen molar-refractivity contribution in [2.75, 3.05) is 24.8 Å². The van der Waals surface area contributed by atoms with Crippen LogP contribution in [-0.4, -0.2) is 35.8 Å². The summed E-state index contributed by atoms with van der Waals surface area (Å²) in [7, 11) is 0. The number of likely N-dealkylation sites (tertiary alicyclic amines) is 1. The molecule has 0 N–H and O–H groups in total. The first-order chi connectivity index (χ1) is 23.2. The van der Waals surface area contributed by atoms with Crippen LogP contribution in [0.5, 0.6) is 11.5 Å². The molecule has 4 aromatic carbocycles. The van der Waals surface area contributed by atoms with E-state index in [0.29, 0.717) is 6.04 Å². The van der Waals surface area contributed by atoms with E-state index in [4.69, 9.17) is 14.5 Å². The minimum atomic E-state index is 0. The molecule has 262 valence electrons. The van der Waals surface area contributed by atoms with E-state index in [1.54, 1.807) is 0 Å². The van der Waals surface area contributed by atoms with Crippen molar-refractivity contribution in [1.29, 1.82) is 0 Å². The Labute approximate surface area is 310 Å². The maximum Gasteiger partial charge on any atom is 0.231 e. The van der Waals surface area contributed by atoms with Gasteiger partial charge in [-0.3, -0.25) is 9.88 Å². The molecular formula is C43H49Cl2N3O2. The maximum atomic E-state index is 5.84. The van der Waals surface area contributed by atoms with E-state index >= 15 is 0 Å². The van der Waals surface area contributed by atoms with E-state index in [2.05, 4.69) is 130 Å². The number of nitrogens with zero attached hydrogens (tertiary/aromatic N) is 3. The Morgan fingerprint density at radius 1 is 0.700 bits per heavy atom. The number of aryl methyl sites for hydroxylation is 4. The van der Waals surface area contributed by atoms with Crippen LogP contribution in [0, 0.1) is 41.5 Å². The Morgan fingerprint density at radius 3 is 2.00 bits per heavy atom. The first-order valence-corrected chi connectivity index (χ1v) is 17.3. The fourth-order valence-corrected chi connectivity index (χ4v) is 7.37. The standard InChI is InChI=1S/C43H47N3O2.2ClH/c1-28-19-36(20-29(2)32(28)5)40-10-8-7-9-35(40)26-46(39-11-12-42-43(24-39)48-27-47-42)38-14-17-45(18-15-38)25-34-13-16-44-41(23-34)37-21-30(3)33(6)31(4)22-37;;/h7-13,16,19-24,38H,14-15,17-18,25-27H2,1-6H3;2*1H. The number of piperidine rings is 1. The highest BCUT2D eigenvalue weighted by Gasteiger charge is 2.27. The largest absolute Gasteiger partial charge is 0.454 e. The van der Waals surface area contributed by atoms with Crippen LogP contribution in [0.25, 0.3) is 22.4 Å². The molecule has 5 nitrogen and oxygen atoms in total. The Balaban J connectivity index is 0.00000243. The van der Waals surface area contributed by atoms with Crippen molar-refractivity contribution in [2.45, 2.75) is 73.5 Å². The van der Waals surface area contributed by atoms with Gasteiger partial charge in [-0.05, 0) is 146 Å². The summed E-state index contributed by atoms with van der Waals surface area (Å²) < 4.78 is 11.5. The zero-order chi connectivity index (χ0) is 33.4. The van der Waals surface area contributed by atoms with Gasteiger partial charge >= 0.3 is 0 Å². The van der Waals surface area contributed by atoms with E-state index < -0.39 is 0 Å². The van der Waals surface area contributed by atoms with Gasteiger partial charge in [0.25, 0.3) is 0 Å². The molecule has 0 saturated carbocycles. The molecule has 7 heteroatoms. The molecule has 1 aromatic heterocycles. The number of aromatic nitrogens is 1. The van der Waals surface area contributed by atoms with Crippen molar-refractivity contribution < 1.29 is 9.47 Å². The van der Waals surface area contributed by atoms with Gasteiger partial charge in [0, 0.05) is 55.7 Å². The molecule has 50 heavy (non-hydrogen) atoms. The molecule has 3 heterocycles. The molecule has 7 rings (SSSR count). The summed E-state index contributed by atoms with van der Waals surface area (Å²) in [6, 6.07) is 29.4. The molecule has 0 unspecified atom stereocenters. The van der Waals surface area contributed by atoms with Crippen LogP contribution in [0.3, 0.4) is 0 Å². The molecule has 1 saturated heterocycles. The third-order valence-corrected chi connectivity index (χ3v) is 10.7. The molecule has 0 atom stereocenters. The van der Waals surface area contributed by atoms with Crippen molar-refractivity contribution in [3.63, 3.8) is 0 Å². The molecule has 0 amide bonds. The lowest BCUT2D eigenvalue weighted by Gasteiger charge is -2.40. The highest BCUT2D eigenvalue weighted by molar-refractivity contribution is 5.85. The van der Waals surface area contributed by atoms with E-state index in [1.807, 2.05) is 6.20 Å². The van der Waals surface area contributed by atoms with Crippen molar-refractivity contribution in [3.8, 4) is 33.9 Å². The fraction of sp³-hybridized carbons (Fsp3) is 0.326. The Hall–Kier alpha value is -4.03. The van der Waals surface area contributed by atoms with Gasteiger partial charge < -0.3 is 14.4 Å². The van der Waals surface area contributed by atoms with E-state index in [9.17, 15) is 0 Å². The summed E-state index contributed by atoms with van der Waals surface area (Å²) in [6.07, 6.45) is 4.15. The third-order valence-electron chi connectivity index (χ3n) is 10.7. The topological polar surface area (TPSA) is 37.8 Å². The van der Waals surface area contributed by atoms with Gasteiger partial charge in [0.15, 0.2) is 11.5 Å². The predicted octanol–water partition coefficient (Wildman–Crippen LogP) is 10.5. The predicted molar refractivity (Wildman–Crippen MR) is 212 cm³/mol. The smallest absolute Gasteiger partial charge is 0.231 e. The van der Waals surface area contributed by atoms with Crippen molar-refractivity contribution >= 4 is 30.5 Å². The normalized spacial score (nSPS) is 14.2. The third kappa shape index (κ3) is 7.81. The van der Waals surface area contributed by atoms with Gasteiger partial charge in [0.05, 0.1) is 5.69 Å². The van der Waals surface area contributed by atoms with Crippen molar-refractivity contribution in [2.24, 2.45) is 0 Å². The fourth-order valence-electron chi connectivity index (χ4n) is 7.37. The highest BCUT2D eigenvalue weighted by atomic mass is 35.5. The van der Waals surface area contributed by atoms with Gasteiger partial charge in [-0.2, -0.15) is 0 Å². The number of ether oxygens (including phenoxy) is 2. The van der Waals surface area contributed by atoms with Crippen LogP contribution in [-0.2, 0) is 13.1 Å². The lowest BCUT2D eigenvalue weighted by atomic mass is 9.93. The Morgan fingerprint density at radius 2 is 1.32 bits per heavy atom. The second-order valence-electron chi connectivity index (χ2n) is 13.8. The Bertz CT molecular complexity index is 1920. The van der Waals surface area contributed by atoms with Gasteiger partial charge in [-0.25, -0.2) is 0 Å². The van der Waals surface area contributed by atoms with E-state index in [0.717, 1.165) is 56.2 Å². The summed E-state index contributed by atoms with van der Waals surface area (Å²) in [5, 5.41) is 0. The molecule has 2 aliphatic rings. The summed E-state index contributed by atoms with van der Waals surface area (Å²) in [5.74, 6) is 1.66. The molecule has 0 aliphatic carbocycles. The number of pyridine rings is 1. The molecule has 0 spiro atoms. The van der Waals surface area contributed by atoms with Crippen molar-refractivity contribution in [3.05, 3.63) is 130 Å². The average Bonchev–Trinajstić information content (AvgIpc) is 3.57. The molecule has 5 aromatic rings. The molecular weight excluding hydrogens is 661 g/mol. The average molecular weight is 711 g/mol. The van der Waals surface area contributed by atoms with Gasteiger partial charge in [-0.1, -0.05) is 36.4 Å². The number of rotatable bonds is 8. The summed E-state index contributed by atoms with van der Waals surface area (Å²) in [5.41, 5.74) is 16.7. The molecule has 2 aliphatic heterocycles. The first-order valence-electron chi connectivity index (χ1n) is 17.3. The van der Waals surface area contributed by atoms with Crippen LogP contribution in [0.2, 0.25) is 0 Å². The summed E-state index contributed by atoms with van der Waals surface area (Å²) in [4.78, 5) is 9.96. The van der Waals surface area contributed by atoms with Crippen LogP contribution in [0.1, 0.15) is 57.3 Å². The molecule has 0 radical (unpaired) electrons. The lowest BCUT2D eigenvalue weighted by Crippen LogP contribution is -2.44. The van der Waals surface area contributed by atoms with Crippen molar-refractivity contribution in [1.82, 2.24) is 9.88 Å². The number of hydrogen-bond donors (Lipinski definition) is 0. The van der Waals surface area contributed by atoms with Crippen LogP contribution < -0.4 is 14.4 Å². The molecule has 0 bridgehead atoms. The zero-order valence-corrected chi connectivity index (χ0v) is 31.7.